The first-order valence-electron chi connectivity index (χ1n) is 8.48. The zero-order valence-electron chi connectivity index (χ0n) is 14.7. The molecule has 1 saturated heterocycles. The summed E-state index contributed by atoms with van der Waals surface area (Å²) in [5.41, 5.74) is 0.596. The molecule has 0 bridgehead atoms. The van der Waals surface area contributed by atoms with Crippen molar-refractivity contribution in [3.63, 3.8) is 0 Å². The second-order valence-corrected chi connectivity index (χ2v) is 6.49. The molecule has 0 unspecified atom stereocenters. The van der Waals surface area contributed by atoms with Gasteiger partial charge in [-0.2, -0.15) is 5.26 Å². The molecule has 1 aliphatic heterocycles. The van der Waals surface area contributed by atoms with Crippen LogP contribution in [0.25, 0.3) is 6.08 Å². The number of hydrogen-bond acceptors (Lipinski definition) is 4. The monoisotopic (exact) mass is 403 g/mol. The van der Waals surface area contributed by atoms with E-state index in [0.717, 1.165) is 30.0 Å². The van der Waals surface area contributed by atoms with Crippen LogP contribution < -0.4 is 10.2 Å². The number of nitrogens with zero attached hydrogens (tertiary/aromatic N) is 2. The molecule has 0 saturated carbocycles. The van der Waals surface area contributed by atoms with Crippen molar-refractivity contribution in [1.29, 1.82) is 5.26 Å². The lowest BCUT2D eigenvalue weighted by molar-refractivity contribution is -0.112. The van der Waals surface area contributed by atoms with Gasteiger partial charge in [-0.1, -0.05) is 11.6 Å². The van der Waals surface area contributed by atoms with Crippen molar-refractivity contribution in [2.75, 3.05) is 36.5 Å². The molecule has 5 nitrogen and oxygen atoms in total. The Morgan fingerprint density at radius 2 is 1.96 bits per heavy atom. The Bertz CT molecular complexity index is 966. The van der Waals surface area contributed by atoms with Crippen LogP contribution in [0.4, 0.5) is 20.2 Å². The number of nitriles is 1. The SMILES string of the molecule is N#C/C(=C/c1cc(F)ccc1F)C(=O)Nc1cc(Cl)ccc1N1CCOCC1. The topological polar surface area (TPSA) is 65.4 Å². The van der Waals surface area contributed by atoms with Crippen LogP contribution in [0.15, 0.2) is 42.0 Å². The number of carbonyl (C=O) groups is 1. The number of anilines is 2. The summed E-state index contributed by atoms with van der Waals surface area (Å²) in [6.45, 7) is 2.39. The molecule has 2 aromatic carbocycles. The number of hydrogen-bond donors (Lipinski definition) is 1. The predicted octanol–water partition coefficient (Wildman–Crippen LogP) is 4.00. The third-order valence-electron chi connectivity index (χ3n) is 4.18. The summed E-state index contributed by atoms with van der Waals surface area (Å²) >= 11 is 6.06. The molecule has 1 N–H and O–H groups in total. The number of ether oxygens (including phenoxy) is 1. The molecule has 8 heteroatoms. The molecular formula is C20H16ClF2N3O2. The highest BCUT2D eigenvalue weighted by Gasteiger charge is 2.18. The maximum atomic E-state index is 13.8. The van der Waals surface area contributed by atoms with Gasteiger partial charge in [-0.05, 0) is 42.5 Å². The van der Waals surface area contributed by atoms with E-state index in [0.29, 0.717) is 37.0 Å². The van der Waals surface area contributed by atoms with Gasteiger partial charge in [0.2, 0.25) is 0 Å². The van der Waals surface area contributed by atoms with E-state index in [1.165, 1.54) is 0 Å². The van der Waals surface area contributed by atoms with Gasteiger partial charge in [0.25, 0.3) is 5.91 Å². The van der Waals surface area contributed by atoms with Crippen LogP contribution in [-0.2, 0) is 9.53 Å². The first-order valence-corrected chi connectivity index (χ1v) is 8.86. The van der Waals surface area contributed by atoms with Gasteiger partial charge in [0.15, 0.2) is 0 Å². The van der Waals surface area contributed by atoms with Crippen LogP contribution in [-0.4, -0.2) is 32.2 Å². The maximum Gasteiger partial charge on any atom is 0.266 e. The average Bonchev–Trinajstić information content (AvgIpc) is 2.69. The maximum absolute atomic E-state index is 13.8. The molecule has 28 heavy (non-hydrogen) atoms. The van der Waals surface area contributed by atoms with Gasteiger partial charge in [0.1, 0.15) is 23.3 Å². The quantitative estimate of drug-likeness (QED) is 0.619. The van der Waals surface area contributed by atoms with E-state index < -0.39 is 17.5 Å². The van der Waals surface area contributed by atoms with E-state index in [9.17, 15) is 18.8 Å². The number of benzene rings is 2. The molecule has 3 rings (SSSR count). The Balaban J connectivity index is 1.89. The van der Waals surface area contributed by atoms with Crippen molar-refractivity contribution in [3.05, 3.63) is 64.2 Å². The molecule has 1 amide bonds. The Hall–Kier alpha value is -2.95. The molecule has 2 aromatic rings. The third kappa shape index (κ3) is 4.66. The Morgan fingerprint density at radius 3 is 2.68 bits per heavy atom. The van der Waals surface area contributed by atoms with Gasteiger partial charge < -0.3 is 15.0 Å². The fourth-order valence-corrected chi connectivity index (χ4v) is 2.98. The van der Waals surface area contributed by atoms with Crippen molar-refractivity contribution in [2.24, 2.45) is 0 Å². The Labute approximate surface area is 165 Å². The molecule has 1 heterocycles. The minimum Gasteiger partial charge on any atom is -0.378 e. The number of halogens is 3. The van der Waals surface area contributed by atoms with Crippen LogP contribution in [0, 0.1) is 23.0 Å². The Kier molecular flexibility index (Phi) is 6.24. The summed E-state index contributed by atoms with van der Waals surface area (Å²) in [7, 11) is 0. The van der Waals surface area contributed by atoms with Crippen LogP contribution in [0.5, 0.6) is 0 Å². The van der Waals surface area contributed by atoms with Crippen molar-refractivity contribution < 1.29 is 18.3 Å². The first-order chi connectivity index (χ1) is 13.5. The summed E-state index contributed by atoms with van der Waals surface area (Å²) in [4.78, 5) is 14.6. The molecule has 0 atom stereocenters. The summed E-state index contributed by atoms with van der Waals surface area (Å²) in [6.07, 6.45) is 1.01. The molecule has 0 aromatic heterocycles. The van der Waals surface area contributed by atoms with Gasteiger partial charge in [-0.15, -0.1) is 0 Å². The van der Waals surface area contributed by atoms with Crippen LogP contribution in [0.3, 0.4) is 0 Å². The van der Waals surface area contributed by atoms with Crippen LogP contribution in [0.1, 0.15) is 5.56 Å². The smallest absolute Gasteiger partial charge is 0.266 e. The van der Waals surface area contributed by atoms with Gasteiger partial charge >= 0.3 is 0 Å². The van der Waals surface area contributed by atoms with Gasteiger partial charge in [0.05, 0.1) is 24.6 Å². The van der Waals surface area contributed by atoms with Crippen LogP contribution in [0.2, 0.25) is 5.02 Å². The second-order valence-electron chi connectivity index (χ2n) is 6.05. The first kappa shape index (κ1) is 19.8. The predicted molar refractivity (Wildman–Crippen MR) is 103 cm³/mol. The molecule has 1 aliphatic rings. The molecule has 0 spiro atoms. The van der Waals surface area contributed by atoms with Gasteiger partial charge in [0, 0.05) is 23.7 Å². The number of carbonyl (C=O) groups excluding carboxylic acids is 1. The molecular weight excluding hydrogens is 388 g/mol. The number of amides is 1. The average molecular weight is 404 g/mol. The minimum atomic E-state index is -0.747. The molecule has 0 radical (unpaired) electrons. The van der Waals surface area contributed by atoms with E-state index in [1.807, 2.05) is 4.90 Å². The zero-order chi connectivity index (χ0) is 20.1. The van der Waals surface area contributed by atoms with E-state index >= 15 is 0 Å². The highest BCUT2D eigenvalue weighted by atomic mass is 35.5. The Morgan fingerprint density at radius 1 is 1.21 bits per heavy atom. The largest absolute Gasteiger partial charge is 0.378 e. The molecule has 0 aliphatic carbocycles. The molecule has 144 valence electrons. The highest BCUT2D eigenvalue weighted by molar-refractivity contribution is 6.31. The lowest BCUT2D eigenvalue weighted by Gasteiger charge is -2.30. The number of rotatable bonds is 4. The fraction of sp³-hybridized carbons (Fsp3) is 0.200. The summed E-state index contributed by atoms with van der Waals surface area (Å²) in [6, 6.07) is 9.57. The standard InChI is InChI=1S/C20H16ClF2N3O2/c21-15-1-4-19(26-5-7-28-8-6-26)18(11-15)25-20(27)14(12-24)9-13-10-16(22)2-3-17(13)23/h1-4,9-11H,5-8H2,(H,25,27)/b14-9-. The normalized spacial score (nSPS) is 14.5. The van der Waals surface area contributed by atoms with Crippen molar-refractivity contribution >= 4 is 35.0 Å². The van der Waals surface area contributed by atoms with Crippen LogP contribution >= 0.6 is 11.6 Å². The van der Waals surface area contributed by atoms with E-state index in [2.05, 4.69) is 5.32 Å². The van der Waals surface area contributed by atoms with Gasteiger partial charge in [-0.25, -0.2) is 8.78 Å². The second kappa shape index (κ2) is 8.83. The summed E-state index contributed by atoms with van der Waals surface area (Å²) < 4.78 is 32.5. The minimum absolute atomic E-state index is 0.189. The zero-order valence-corrected chi connectivity index (χ0v) is 15.5. The number of nitrogens with one attached hydrogen (secondary N) is 1. The summed E-state index contributed by atoms with van der Waals surface area (Å²) in [5.74, 6) is -2.16. The lowest BCUT2D eigenvalue weighted by atomic mass is 10.1. The third-order valence-corrected chi connectivity index (χ3v) is 4.42. The van der Waals surface area contributed by atoms with E-state index in [1.54, 1.807) is 24.3 Å². The lowest BCUT2D eigenvalue weighted by Crippen LogP contribution is -2.36. The van der Waals surface area contributed by atoms with Crippen molar-refractivity contribution in [3.8, 4) is 6.07 Å². The van der Waals surface area contributed by atoms with Crippen molar-refractivity contribution in [2.45, 2.75) is 0 Å². The molecule has 1 fully saturated rings. The van der Waals surface area contributed by atoms with E-state index in [-0.39, 0.29) is 11.1 Å². The van der Waals surface area contributed by atoms with E-state index in [4.69, 9.17) is 16.3 Å². The number of morpholine rings is 1. The fourth-order valence-electron chi connectivity index (χ4n) is 2.81. The highest BCUT2D eigenvalue weighted by Crippen LogP contribution is 2.30. The van der Waals surface area contributed by atoms with Gasteiger partial charge in [-0.3, -0.25) is 4.79 Å². The summed E-state index contributed by atoms with van der Waals surface area (Å²) in [5, 5.41) is 12.4. The van der Waals surface area contributed by atoms with Crippen molar-refractivity contribution in [1.82, 2.24) is 0 Å².